The number of nitrogens with zero attached hydrogens (tertiary/aromatic N) is 4. The molecular formula is C13H14N4O2S. The summed E-state index contributed by atoms with van der Waals surface area (Å²) in [5, 5.41) is 12.2. The van der Waals surface area contributed by atoms with Gasteiger partial charge in [-0.3, -0.25) is 0 Å². The van der Waals surface area contributed by atoms with Crippen LogP contribution in [0.15, 0.2) is 47.6 Å². The molecule has 0 saturated carbocycles. The zero-order chi connectivity index (χ0) is 14.2. The smallest absolute Gasteiger partial charge is 0.330 e. The molecule has 0 aliphatic carbocycles. The van der Waals surface area contributed by atoms with Crippen molar-refractivity contribution in [3.8, 4) is 5.69 Å². The van der Waals surface area contributed by atoms with Gasteiger partial charge in [0.15, 0.2) is 0 Å². The van der Waals surface area contributed by atoms with Crippen molar-refractivity contribution in [3.05, 3.63) is 42.5 Å². The van der Waals surface area contributed by atoms with Crippen molar-refractivity contribution < 1.29 is 9.53 Å². The highest BCUT2D eigenvalue weighted by Gasteiger charge is 2.07. The van der Waals surface area contributed by atoms with Crippen molar-refractivity contribution >= 4 is 17.7 Å². The zero-order valence-corrected chi connectivity index (χ0v) is 11.8. The lowest BCUT2D eigenvalue weighted by molar-refractivity contribution is -0.137. The molecule has 1 aromatic heterocycles. The fourth-order valence-electron chi connectivity index (χ4n) is 1.46. The molecule has 20 heavy (non-hydrogen) atoms. The maximum absolute atomic E-state index is 11.1. The van der Waals surface area contributed by atoms with Gasteiger partial charge >= 0.3 is 5.97 Å². The Hall–Kier alpha value is -2.15. The number of benzene rings is 1. The average Bonchev–Trinajstić information content (AvgIpc) is 2.93. The van der Waals surface area contributed by atoms with Gasteiger partial charge in [0.2, 0.25) is 5.16 Å². The topological polar surface area (TPSA) is 69.9 Å². The first-order valence-electron chi connectivity index (χ1n) is 6.11. The van der Waals surface area contributed by atoms with Crippen LogP contribution in [0, 0.1) is 0 Å². The standard InChI is InChI=1S/C13H14N4O2S/c1-2-19-12(18)9-6-10-20-13-14-15-16-17(13)11-7-4-3-5-8-11/h3-9H,2,10H2,1H3/b9-6+. The molecule has 0 spiro atoms. The monoisotopic (exact) mass is 290 g/mol. The first-order valence-corrected chi connectivity index (χ1v) is 7.09. The van der Waals surface area contributed by atoms with Crippen LogP contribution in [0.1, 0.15) is 6.92 Å². The van der Waals surface area contributed by atoms with Gasteiger partial charge in [0, 0.05) is 11.8 Å². The van der Waals surface area contributed by atoms with E-state index >= 15 is 0 Å². The lowest BCUT2D eigenvalue weighted by atomic mass is 10.3. The highest BCUT2D eigenvalue weighted by Crippen LogP contribution is 2.17. The van der Waals surface area contributed by atoms with Gasteiger partial charge < -0.3 is 4.74 Å². The molecule has 2 rings (SSSR count). The summed E-state index contributed by atoms with van der Waals surface area (Å²) in [6.45, 7) is 2.15. The quantitative estimate of drug-likeness (QED) is 0.459. The Morgan fingerprint density at radius 1 is 1.40 bits per heavy atom. The predicted molar refractivity (Wildman–Crippen MR) is 75.7 cm³/mol. The third-order valence-electron chi connectivity index (χ3n) is 2.29. The van der Waals surface area contributed by atoms with Crippen molar-refractivity contribution in [2.24, 2.45) is 0 Å². The van der Waals surface area contributed by atoms with Crippen molar-refractivity contribution in [2.45, 2.75) is 12.1 Å². The first kappa shape index (κ1) is 14.3. The van der Waals surface area contributed by atoms with E-state index < -0.39 is 0 Å². The second-order valence-electron chi connectivity index (χ2n) is 3.67. The maximum Gasteiger partial charge on any atom is 0.330 e. The normalized spacial score (nSPS) is 10.8. The molecule has 0 amide bonds. The van der Waals surface area contributed by atoms with E-state index in [0.29, 0.717) is 17.5 Å². The molecule has 7 heteroatoms. The molecule has 0 fully saturated rings. The number of hydrogen-bond acceptors (Lipinski definition) is 6. The summed E-state index contributed by atoms with van der Waals surface area (Å²) in [7, 11) is 0. The number of esters is 1. The van der Waals surface area contributed by atoms with Crippen LogP contribution in [0.4, 0.5) is 0 Å². The summed E-state index contributed by atoms with van der Waals surface area (Å²) < 4.78 is 6.45. The van der Waals surface area contributed by atoms with E-state index in [0.717, 1.165) is 5.69 Å². The Balaban J connectivity index is 1.95. The fraction of sp³-hybridized carbons (Fsp3) is 0.231. The van der Waals surface area contributed by atoms with Gasteiger partial charge in [-0.1, -0.05) is 36.0 Å². The SMILES string of the molecule is CCOC(=O)/C=C/CSc1nnnn1-c1ccccc1. The molecule has 0 N–H and O–H groups in total. The molecule has 2 aromatic rings. The second-order valence-corrected chi connectivity index (χ2v) is 4.66. The van der Waals surface area contributed by atoms with Gasteiger partial charge in [0.25, 0.3) is 0 Å². The number of rotatable bonds is 6. The minimum atomic E-state index is -0.337. The van der Waals surface area contributed by atoms with Crippen LogP contribution in [0.3, 0.4) is 0 Å². The van der Waals surface area contributed by atoms with E-state index in [2.05, 4.69) is 15.5 Å². The summed E-state index contributed by atoms with van der Waals surface area (Å²) in [4.78, 5) is 11.1. The van der Waals surface area contributed by atoms with Gasteiger partial charge in [-0.05, 0) is 29.5 Å². The molecule has 1 heterocycles. The van der Waals surface area contributed by atoms with E-state index in [-0.39, 0.29) is 5.97 Å². The van der Waals surface area contributed by atoms with Gasteiger partial charge in [-0.2, -0.15) is 4.68 Å². The van der Waals surface area contributed by atoms with Gasteiger partial charge in [0.1, 0.15) is 0 Å². The van der Waals surface area contributed by atoms with Crippen LogP contribution in [0.25, 0.3) is 5.69 Å². The number of para-hydroxylation sites is 1. The number of ether oxygens (including phenoxy) is 1. The van der Waals surface area contributed by atoms with E-state index in [4.69, 9.17) is 4.74 Å². The summed E-state index contributed by atoms with van der Waals surface area (Å²) >= 11 is 1.44. The molecule has 0 unspecified atom stereocenters. The molecular weight excluding hydrogens is 276 g/mol. The average molecular weight is 290 g/mol. The molecule has 0 radical (unpaired) electrons. The number of carbonyl (C=O) groups excluding carboxylic acids is 1. The number of aromatic nitrogens is 4. The molecule has 104 valence electrons. The van der Waals surface area contributed by atoms with Gasteiger partial charge in [0.05, 0.1) is 12.3 Å². The first-order chi connectivity index (χ1) is 9.81. The van der Waals surface area contributed by atoms with Crippen LogP contribution < -0.4 is 0 Å². The summed E-state index contributed by atoms with van der Waals surface area (Å²) in [6.07, 6.45) is 3.14. The van der Waals surface area contributed by atoms with E-state index in [1.165, 1.54) is 17.8 Å². The highest BCUT2D eigenvalue weighted by atomic mass is 32.2. The molecule has 1 aromatic carbocycles. The number of carbonyl (C=O) groups is 1. The van der Waals surface area contributed by atoms with Crippen molar-refractivity contribution in [3.63, 3.8) is 0 Å². The van der Waals surface area contributed by atoms with E-state index in [9.17, 15) is 4.79 Å². The number of thioether (sulfide) groups is 1. The van der Waals surface area contributed by atoms with E-state index in [1.54, 1.807) is 17.7 Å². The van der Waals surface area contributed by atoms with Crippen LogP contribution in [0.5, 0.6) is 0 Å². The Kier molecular flexibility index (Phi) is 5.31. The minimum Gasteiger partial charge on any atom is -0.463 e. The third-order valence-corrected chi connectivity index (χ3v) is 3.16. The van der Waals surface area contributed by atoms with E-state index in [1.807, 2.05) is 30.3 Å². The predicted octanol–water partition coefficient (Wildman–Crippen LogP) is 1.87. The summed E-state index contributed by atoms with van der Waals surface area (Å²) in [5.41, 5.74) is 0.898. The van der Waals surface area contributed by atoms with Crippen molar-refractivity contribution in [1.29, 1.82) is 0 Å². The fourth-order valence-corrected chi connectivity index (χ4v) is 2.16. The van der Waals surface area contributed by atoms with Crippen LogP contribution in [0.2, 0.25) is 0 Å². The molecule has 0 saturated heterocycles. The van der Waals surface area contributed by atoms with Crippen molar-refractivity contribution in [1.82, 2.24) is 20.2 Å². The summed E-state index contributed by atoms with van der Waals surface area (Å²) in [5.74, 6) is 0.252. The second kappa shape index (κ2) is 7.44. The molecule has 0 atom stereocenters. The van der Waals surface area contributed by atoms with Crippen LogP contribution in [-0.4, -0.2) is 38.5 Å². The Morgan fingerprint density at radius 2 is 2.20 bits per heavy atom. The molecule has 6 nitrogen and oxygen atoms in total. The minimum absolute atomic E-state index is 0.337. The number of tetrazole rings is 1. The van der Waals surface area contributed by atoms with Crippen LogP contribution >= 0.6 is 11.8 Å². The van der Waals surface area contributed by atoms with Gasteiger partial charge in [-0.15, -0.1) is 5.10 Å². The molecule has 0 aliphatic rings. The van der Waals surface area contributed by atoms with Crippen molar-refractivity contribution in [2.75, 3.05) is 12.4 Å². The molecule has 0 bridgehead atoms. The molecule has 0 aliphatic heterocycles. The van der Waals surface area contributed by atoms with Crippen LogP contribution in [-0.2, 0) is 9.53 Å². The number of hydrogen-bond donors (Lipinski definition) is 0. The lowest BCUT2D eigenvalue weighted by Crippen LogP contribution is -2.00. The summed E-state index contributed by atoms with van der Waals surface area (Å²) in [6, 6.07) is 9.63. The third kappa shape index (κ3) is 3.92. The Bertz CT molecular complexity index is 583. The lowest BCUT2D eigenvalue weighted by Gasteiger charge is -2.02. The van der Waals surface area contributed by atoms with Gasteiger partial charge in [-0.25, -0.2) is 4.79 Å². The Labute approximate surface area is 120 Å². The largest absolute Gasteiger partial charge is 0.463 e. The maximum atomic E-state index is 11.1. The zero-order valence-electron chi connectivity index (χ0n) is 11.0. The Morgan fingerprint density at radius 3 is 2.95 bits per heavy atom. The highest BCUT2D eigenvalue weighted by molar-refractivity contribution is 7.99.